The predicted molar refractivity (Wildman–Crippen MR) is 115 cm³/mol. The van der Waals surface area contributed by atoms with Gasteiger partial charge in [0.15, 0.2) is 0 Å². The van der Waals surface area contributed by atoms with Crippen LogP contribution in [0.5, 0.6) is 0 Å². The third-order valence-corrected chi connectivity index (χ3v) is 6.76. The summed E-state index contributed by atoms with van der Waals surface area (Å²) in [5, 5.41) is 8.40. The van der Waals surface area contributed by atoms with Crippen LogP contribution in [0.25, 0.3) is 4.96 Å². The second-order valence-corrected chi connectivity index (χ2v) is 9.20. The van der Waals surface area contributed by atoms with E-state index in [1.807, 2.05) is 0 Å². The average Bonchev–Trinajstić information content (AvgIpc) is 3.15. The van der Waals surface area contributed by atoms with Crippen LogP contribution in [0.3, 0.4) is 0 Å². The van der Waals surface area contributed by atoms with Gasteiger partial charge in [-0.3, -0.25) is 9.59 Å². The smallest absolute Gasteiger partial charge is 0.274 e. The molecular weight excluding hydrogens is 388 g/mol. The molecule has 0 aliphatic carbocycles. The number of carbonyl (C=O) groups is 1. The Hall–Kier alpha value is -2.00. The summed E-state index contributed by atoms with van der Waals surface area (Å²) in [5.41, 5.74) is -0.129. The predicted octanol–water partition coefficient (Wildman–Crippen LogP) is 1.99. The first-order valence-corrected chi connectivity index (χ1v) is 11.6. The molecule has 0 unspecified atom stereocenters. The van der Waals surface area contributed by atoms with E-state index in [0.29, 0.717) is 17.4 Å². The molecule has 1 atom stereocenters. The van der Waals surface area contributed by atoms with Gasteiger partial charge >= 0.3 is 0 Å². The van der Waals surface area contributed by atoms with Crippen LogP contribution in [-0.2, 0) is 0 Å². The van der Waals surface area contributed by atoms with Crippen LogP contribution in [0.2, 0.25) is 0 Å². The number of anilines is 1. The number of hydrogen-bond acceptors (Lipinski definition) is 7. The standard InChI is InChI=1S/C20H30N6O2S/c1-15-7-5-12-25(14-15)20-23-26-16(13-17(27)22-19(26)29-20)18(28)21-8-6-11-24-9-3-2-4-10-24/h13,15H,2-12,14H2,1H3,(H,21,28)/t15-/m1/s1. The molecule has 1 N–H and O–H groups in total. The van der Waals surface area contributed by atoms with Crippen molar-refractivity contribution in [2.45, 2.75) is 45.4 Å². The van der Waals surface area contributed by atoms with E-state index in [2.05, 4.69) is 32.1 Å². The summed E-state index contributed by atoms with van der Waals surface area (Å²) in [7, 11) is 0. The van der Waals surface area contributed by atoms with Crippen LogP contribution in [0, 0.1) is 5.92 Å². The fourth-order valence-electron chi connectivity index (χ4n) is 4.24. The molecule has 0 spiro atoms. The first-order chi connectivity index (χ1) is 14.1. The van der Waals surface area contributed by atoms with E-state index >= 15 is 0 Å². The van der Waals surface area contributed by atoms with Crippen molar-refractivity contribution in [2.75, 3.05) is 44.2 Å². The maximum atomic E-state index is 12.7. The van der Waals surface area contributed by atoms with Crippen LogP contribution in [0.1, 0.15) is 55.9 Å². The van der Waals surface area contributed by atoms with Gasteiger partial charge in [-0.15, -0.1) is 5.10 Å². The minimum absolute atomic E-state index is 0.262. The summed E-state index contributed by atoms with van der Waals surface area (Å²) < 4.78 is 1.53. The highest BCUT2D eigenvalue weighted by Gasteiger charge is 2.22. The van der Waals surface area contributed by atoms with E-state index in [-0.39, 0.29) is 11.6 Å². The highest BCUT2D eigenvalue weighted by molar-refractivity contribution is 7.20. The van der Waals surface area contributed by atoms with Crippen molar-refractivity contribution in [1.82, 2.24) is 24.8 Å². The molecule has 0 bridgehead atoms. The summed E-state index contributed by atoms with van der Waals surface area (Å²) in [6, 6.07) is 1.29. The van der Waals surface area contributed by atoms with Gasteiger partial charge in [0.25, 0.3) is 11.5 Å². The fraction of sp³-hybridized carbons (Fsp3) is 0.700. The molecule has 9 heteroatoms. The molecule has 2 aliphatic heterocycles. The van der Waals surface area contributed by atoms with Crippen molar-refractivity contribution in [3.8, 4) is 0 Å². The Morgan fingerprint density at radius 3 is 2.86 bits per heavy atom. The summed E-state index contributed by atoms with van der Waals surface area (Å²) in [4.78, 5) is 34.0. The zero-order chi connectivity index (χ0) is 20.2. The molecule has 2 aromatic heterocycles. The minimum atomic E-state index is -0.398. The Balaban J connectivity index is 1.43. The number of rotatable bonds is 6. The Morgan fingerprint density at radius 2 is 2.07 bits per heavy atom. The maximum Gasteiger partial charge on any atom is 0.274 e. The Labute approximate surface area is 174 Å². The van der Waals surface area contributed by atoms with Crippen LogP contribution < -0.4 is 15.8 Å². The first-order valence-electron chi connectivity index (χ1n) is 10.8. The normalized spacial score (nSPS) is 20.9. The molecule has 29 heavy (non-hydrogen) atoms. The van der Waals surface area contributed by atoms with Gasteiger partial charge < -0.3 is 15.1 Å². The van der Waals surface area contributed by atoms with Gasteiger partial charge in [-0.05, 0) is 57.7 Å². The van der Waals surface area contributed by atoms with Gasteiger partial charge in [0.2, 0.25) is 10.1 Å². The second-order valence-electron chi connectivity index (χ2n) is 8.26. The second kappa shape index (κ2) is 9.21. The van der Waals surface area contributed by atoms with Gasteiger partial charge in [-0.2, -0.15) is 9.50 Å². The minimum Gasteiger partial charge on any atom is -0.351 e. The summed E-state index contributed by atoms with van der Waals surface area (Å²) in [6.45, 7) is 8.05. The van der Waals surface area contributed by atoms with E-state index < -0.39 is 5.56 Å². The van der Waals surface area contributed by atoms with Crippen molar-refractivity contribution in [3.63, 3.8) is 0 Å². The molecule has 0 saturated carbocycles. The zero-order valence-corrected chi connectivity index (χ0v) is 17.9. The van der Waals surface area contributed by atoms with Crippen LogP contribution >= 0.6 is 11.3 Å². The van der Waals surface area contributed by atoms with Crippen molar-refractivity contribution in [2.24, 2.45) is 5.92 Å². The highest BCUT2D eigenvalue weighted by Crippen LogP contribution is 2.27. The molecular formula is C20H30N6O2S. The number of likely N-dealkylation sites (tertiary alicyclic amines) is 1. The number of nitrogens with one attached hydrogen (secondary N) is 1. The molecule has 4 heterocycles. The van der Waals surface area contributed by atoms with Gasteiger partial charge in [0.05, 0.1) is 0 Å². The van der Waals surface area contributed by atoms with E-state index in [1.54, 1.807) is 0 Å². The Bertz CT molecular complexity index is 904. The van der Waals surface area contributed by atoms with Gasteiger partial charge in [0, 0.05) is 25.7 Å². The van der Waals surface area contributed by atoms with E-state index in [9.17, 15) is 9.59 Å². The molecule has 2 saturated heterocycles. The number of carbonyl (C=O) groups excluding carboxylic acids is 1. The van der Waals surface area contributed by atoms with E-state index in [0.717, 1.165) is 50.7 Å². The lowest BCUT2D eigenvalue weighted by atomic mass is 10.0. The number of fused-ring (bicyclic) bond motifs is 1. The van der Waals surface area contributed by atoms with E-state index in [1.165, 1.54) is 47.6 Å². The Morgan fingerprint density at radius 1 is 1.24 bits per heavy atom. The SMILES string of the molecule is C[C@@H]1CCCN(c2nn3c(C(=O)NCCCN4CCCCC4)cc(=O)nc3s2)C1. The average molecular weight is 419 g/mol. The number of aromatic nitrogens is 3. The molecule has 8 nitrogen and oxygen atoms in total. The van der Waals surface area contributed by atoms with Crippen molar-refractivity contribution >= 4 is 27.3 Å². The molecule has 158 valence electrons. The quantitative estimate of drug-likeness (QED) is 0.723. The zero-order valence-electron chi connectivity index (χ0n) is 17.1. The Kier molecular flexibility index (Phi) is 6.44. The van der Waals surface area contributed by atoms with Crippen molar-refractivity contribution < 1.29 is 4.79 Å². The van der Waals surface area contributed by atoms with Crippen LogP contribution in [-0.4, -0.2) is 64.7 Å². The number of amides is 1. The van der Waals surface area contributed by atoms with Gasteiger partial charge in [-0.1, -0.05) is 24.7 Å². The molecule has 2 aromatic rings. The fourth-order valence-corrected chi connectivity index (χ4v) is 5.18. The molecule has 2 aliphatic rings. The molecule has 4 rings (SSSR count). The topological polar surface area (TPSA) is 82.8 Å². The third-order valence-electron chi connectivity index (χ3n) is 5.79. The lowest BCUT2D eigenvalue weighted by Gasteiger charge is -2.30. The lowest BCUT2D eigenvalue weighted by Crippen LogP contribution is -2.34. The van der Waals surface area contributed by atoms with Crippen LogP contribution in [0.4, 0.5) is 5.13 Å². The first kappa shape index (κ1) is 20.3. The molecule has 0 aromatic carbocycles. The molecule has 1 amide bonds. The summed E-state index contributed by atoms with van der Waals surface area (Å²) in [6.07, 6.45) is 7.13. The van der Waals surface area contributed by atoms with Crippen molar-refractivity contribution in [1.29, 1.82) is 0 Å². The molecule has 2 fully saturated rings. The maximum absolute atomic E-state index is 12.7. The van der Waals surface area contributed by atoms with E-state index in [4.69, 9.17) is 0 Å². The monoisotopic (exact) mass is 418 g/mol. The van der Waals surface area contributed by atoms with Crippen molar-refractivity contribution in [3.05, 3.63) is 22.1 Å². The largest absolute Gasteiger partial charge is 0.351 e. The van der Waals surface area contributed by atoms with Gasteiger partial charge in [0.1, 0.15) is 5.69 Å². The summed E-state index contributed by atoms with van der Waals surface area (Å²) in [5.74, 6) is 0.355. The number of hydrogen-bond donors (Lipinski definition) is 1. The highest BCUT2D eigenvalue weighted by atomic mass is 32.1. The van der Waals surface area contributed by atoms with Gasteiger partial charge in [-0.25, -0.2) is 0 Å². The third kappa shape index (κ3) is 4.95. The number of piperidine rings is 2. The number of nitrogens with zero attached hydrogens (tertiary/aromatic N) is 5. The van der Waals surface area contributed by atoms with Crippen LogP contribution in [0.15, 0.2) is 10.9 Å². The summed E-state index contributed by atoms with van der Waals surface area (Å²) >= 11 is 1.38. The molecule has 0 radical (unpaired) electrons. The lowest BCUT2D eigenvalue weighted by molar-refractivity contribution is 0.0943.